The predicted molar refractivity (Wildman–Crippen MR) is 102 cm³/mol. The quantitative estimate of drug-likeness (QED) is 0.502. The summed E-state index contributed by atoms with van der Waals surface area (Å²) in [7, 11) is 1.44. The maximum Gasteiger partial charge on any atom is 0.326 e. The number of aliphatic carboxylic acids is 1. The van der Waals surface area contributed by atoms with Crippen molar-refractivity contribution in [1.29, 1.82) is 0 Å². The Balaban J connectivity index is 1.65. The lowest BCUT2D eigenvalue weighted by Gasteiger charge is -2.16. The van der Waals surface area contributed by atoms with Gasteiger partial charge in [0.25, 0.3) is 0 Å². The van der Waals surface area contributed by atoms with Gasteiger partial charge in [0.05, 0.1) is 7.11 Å². The number of hydrogen-bond acceptors (Lipinski definition) is 3. The molecular formula is C20H20FN3O4. The number of methoxy groups -OCH3 is 1. The molecule has 1 atom stereocenters. The van der Waals surface area contributed by atoms with E-state index in [2.05, 4.69) is 15.6 Å². The van der Waals surface area contributed by atoms with Gasteiger partial charge < -0.3 is 25.5 Å². The lowest BCUT2D eigenvalue weighted by atomic mass is 10.1. The largest absolute Gasteiger partial charge is 0.496 e. The van der Waals surface area contributed by atoms with Gasteiger partial charge in [0.2, 0.25) is 0 Å². The summed E-state index contributed by atoms with van der Waals surface area (Å²) in [6.45, 7) is -0.00775. The second kappa shape index (κ2) is 8.43. The first-order valence-electron chi connectivity index (χ1n) is 8.62. The van der Waals surface area contributed by atoms with Crippen molar-refractivity contribution in [3.63, 3.8) is 0 Å². The van der Waals surface area contributed by atoms with Crippen molar-refractivity contribution in [3.05, 3.63) is 65.6 Å². The van der Waals surface area contributed by atoms with E-state index in [4.69, 9.17) is 4.74 Å². The number of carboxylic acids is 1. The second-order valence-electron chi connectivity index (χ2n) is 6.24. The number of carbonyl (C=O) groups excluding carboxylic acids is 1. The fraction of sp³-hybridized carbons (Fsp3) is 0.200. The molecule has 0 aliphatic heterocycles. The van der Waals surface area contributed by atoms with E-state index in [1.54, 1.807) is 6.20 Å². The molecule has 0 bridgehead atoms. The molecule has 4 N–H and O–H groups in total. The highest BCUT2D eigenvalue weighted by molar-refractivity contribution is 5.86. The van der Waals surface area contributed by atoms with Crippen molar-refractivity contribution >= 4 is 22.9 Å². The first-order chi connectivity index (χ1) is 13.5. The first-order valence-corrected chi connectivity index (χ1v) is 8.62. The number of aromatic amines is 1. The predicted octanol–water partition coefficient (Wildman–Crippen LogP) is 2.81. The number of para-hydroxylation sites is 1. The monoisotopic (exact) mass is 385 g/mol. The number of amides is 2. The molecule has 28 heavy (non-hydrogen) atoms. The molecule has 1 aromatic heterocycles. The Bertz CT molecular complexity index is 1000. The maximum atomic E-state index is 13.4. The van der Waals surface area contributed by atoms with Gasteiger partial charge in [-0.05, 0) is 29.8 Å². The Morgan fingerprint density at radius 3 is 2.75 bits per heavy atom. The van der Waals surface area contributed by atoms with Crippen LogP contribution in [0.2, 0.25) is 0 Å². The van der Waals surface area contributed by atoms with Crippen molar-refractivity contribution < 1.29 is 23.8 Å². The minimum atomic E-state index is -1.15. The molecule has 0 saturated carbocycles. The summed E-state index contributed by atoms with van der Waals surface area (Å²) in [5.41, 5.74) is 2.13. The zero-order valence-electron chi connectivity index (χ0n) is 15.2. The number of carboxylic acid groups (broad SMARTS) is 1. The molecule has 8 heteroatoms. The van der Waals surface area contributed by atoms with E-state index in [1.165, 1.54) is 25.3 Å². The third-order valence-electron chi connectivity index (χ3n) is 4.38. The molecule has 1 heterocycles. The van der Waals surface area contributed by atoms with Crippen LogP contribution in [-0.2, 0) is 17.8 Å². The van der Waals surface area contributed by atoms with E-state index in [0.29, 0.717) is 11.3 Å². The highest BCUT2D eigenvalue weighted by atomic mass is 19.1. The summed E-state index contributed by atoms with van der Waals surface area (Å²) < 4.78 is 18.5. The van der Waals surface area contributed by atoms with E-state index < -0.39 is 23.9 Å². The summed E-state index contributed by atoms with van der Waals surface area (Å²) in [5, 5.41) is 15.4. The van der Waals surface area contributed by atoms with Gasteiger partial charge in [0.1, 0.15) is 17.6 Å². The van der Waals surface area contributed by atoms with Gasteiger partial charge in [0, 0.05) is 35.6 Å². The summed E-state index contributed by atoms with van der Waals surface area (Å²) >= 11 is 0. The lowest BCUT2D eigenvalue weighted by molar-refractivity contribution is -0.139. The molecule has 0 aliphatic carbocycles. The van der Waals surface area contributed by atoms with Crippen LogP contribution >= 0.6 is 0 Å². The number of fused-ring (bicyclic) bond motifs is 1. The van der Waals surface area contributed by atoms with Gasteiger partial charge in [-0.15, -0.1) is 0 Å². The van der Waals surface area contributed by atoms with Gasteiger partial charge in [-0.1, -0.05) is 18.2 Å². The summed E-state index contributed by atoms with van der Waals surface area (Å²) in [6.07, 6.45) is 1.86. The molecule has 2 amide bonds. The van der Waals surface area contributed by atoms with Crippen molar-refractivity contribution in [3.8, 4) is 5.75 Å². The molecule has 0 fully saturated rings. The average Bonchev–Trinajstić information content (AvgIpc) is 3.09. The number of hydrogen-bond donors (Lipinski definition) is 4. The molecule has 7 nitrogen and oxygen atoms in total. The standard InChI is InChI=1S/C20H20FN3O4/c1-28-18-7-6-14(21)8-13(18)11-23-20(27)24-17(19(25)26)9-12-10-22-16-5-3-2-4-15(12)16/h2-8,10,17,22H,9,11H2,1H3,(H,25,26)(H2,23,24,27)/t17-/m0/s1. The molecule has 0 radical (unpaired) electrons. The van der Waals surface area contributed by atoms with Crippen LogP contribution in [0.4, 0.5) is 9.18 Å². The Morgan fingerprint density at radius 2 is 2.00 bits per heavy atom. The van der Waals surface area contributed by atoms with Crippen LogP contribution in [0.25, 0.3) is 10.9 Å². The molecule has 146 valence electrons. The number of nitrogens with one attached hydrogen (secondary N) is 3. The van der Waals surface area contributed by atoms with Crippen molar-refractivity contribution in [2.45, 2.75) is 19.0 Å². The minimum Gasteiger partial charge on any atom is -0.496 e. The Labute approximate surface area is 160 Å². The van der Waals surface area contributed by atoms with Crippen LogP contribution in [0.5, 0.6) is 5.75 Å². The Kier molecular flexibility index (Phi) is 5.78. The number of urea groups is 1. The topological polar surface area (TPSA) is 103 Å². The van der Waals surface area contributed by atoms with Gasteiger partial charge in [0.15, 0.2) is 0 Å². The number of halogens is 1. The van der Waals surface area contributed by atoms with Crippen LogP contribution in [0.1, 0.15) is 11.1 Å². The van der Waals surface area contributed by atoms with Gasteiger partial charge in [-0.25, -0.2) is 14.0 Å². The second-order valence-corrected chi connectivity index (χ2v) is 6.24. The molecule has 0 aliphatic rings. The van der Waals surface area contributed by atoms with E-state index in [0.717, 1.165) is 16.5 Å². The van der Waals surface area contributed by atoms with E-state index in [1.807, 2.05) is 24.3 Å². The fourth-order valence-corrected chi connectivity index (χ4v) is 2.99. The third kappa shape index (κ3) is 4.40. The summed E-state index contributed by atoms with van der Waals surface area (Å²) in [5.74, 6) is -1.18. The lowest BCUT2D eigenvalue weighted by Crippen LogP contribution is -2.46. The summed E-state index contributed by atoms with van der Waals surface area (Å²) in [4.78, 5) is 26.9. The molecular weight excluding hydrogens is 365 g/mol. The number of ether oxygens (including phenoxy) is 1. The number of H-pyrrole nitrogens is 1. The highest BCUT2D eigenvalue weighted by Gasteiger charge is 2.22. The van der Waals surface area contributed by atoms with Gasteiger partial charge in [-0.3, -0.25) is 0 Å². The third-order valence-corrected chi connectivity index (χ3v) is 4.38. The zero-order chi connectivity index (χ0) is 20.1. The SMILES string of the molecule is COc1ccc(F)cc1CNC(=O)N[C@@H](Cc1c[nH]c2ccccc12)C(=O)O. The highest BCUT2D eigenvalue weighted by Crippen LogP contribution is 2.20. The van der Waals surface area contributed by atoms with Crippen molar-refractivity contribution in [2.75, 3.05) is 7.11 Å². The Morgan fingerprint density at radius 1 is 1.21 bits per heavy atom. The number of aromatic nitrogens is 1. The van der Waals surface area contributed by atoms with Gasteiger partial charge in [-0.2, -0.15) is 0 Å². The molecule has 0 unspecified atom stereocenters. The number of rotatable bonds is 7. The molecule has 3 rings (SSSR count). The van der Waals surface area contributed by atoms with Crippen LogP contribution in [0.3, 0.4) is 0 Å². The van der Waals surface area contributed by atoms with Gasteiger partial charge >= 0.3 is 12.0 Å². The van der Waals surface area contributed by atoms with Crippen LogP contribution in [0, 0.1) is 5.82 Å². The molecule has 0 spiro atoms. The van der Waals surface area contributed by atoms with Crippen LogP contribution in [0.15, 0.2) is 48.7 Å². The Hall–Kier alpha value is -3.55. The fourth-order valence-electron chi connectivity index (χ4n) is 2.99. The van der Waals surface area contributed by atoms with E-state index in [9.17, 15) is 19.1 Å². The molecule has 2 aromatic carbocycles. The molecule has 3 aromatic rings. The average molecular weight is 385 g/mol. The minimum absolute atomic E-state index is 0.00775. The maximum absolute atomic E-state index is 13.4. The smallest absolute Gasteiger partial charge is 0.326 e. The van der Waals surface area contributed by atoms with Crippen LogP contribution in [-0.4, -0.2) is 35.2 Å². The first kappa shape index (κ1) is 19.2. The summed E-state index contributed by atoms with van der Waals surface area (Å²) in [6, 6.07) is 9.70. The zero-order valence-corrected chi connectivity index (χ0v) is 15.2. The normalized spacial score (nSPS) is 11.8. The van der Waals surface area contributed by atoms with E-state index in [-0.39, 0.29) is 13.0 Å². The molecule has 0 saturated heterocycles. The van der Waals surface area contributed by atoms with Crippen molar-refractivity contribution in [1.82, 2.24) is 15.6 Å². The van der Waals surface area contributed by atoms with E-state index >= 15 is 0 Å². The number of carbonyl (C=O) groups is 2. The van der Waals surface area contributed by atoms with Crippen molar-refractivity contribution in [2.24, 2.45) is 0 Å². The van der Waals surface area contributed by atoms with Crippen LogP contribution < -0.4 is 15.4 Å². The number of benzene rings is 2.